The van der Waals surface area contributed by atoms with Gasteiger partial charge in [0.1, 0.15) is 0 Å². The summed E-state index contributed by atoms with van der Waals surface area (Å²) in [5.74, 6) is 0.0468. The van der Waals surface area contributed by atoms with Crippen LogP contribution in [0.15, 0.2) is 18.3 Å². The second-order valence-corrected chi connectivity index (χ2v) is 20.3. The van der Waals surface area contributed by atoms with Gasteiger partial charge in [0.2, 0.25) is 0 Å². The molecule has 0 aliphatic heterocycles. The van der Waals surface area contributed by atoms with E-state index in [-0.39, 0.29) is 5.91 Å². The Morgan fingerprint density at radius 3 is 1.79 bits per heavy atom. The molecule has 1 aromatic rings. The van der Waals surface area contributed by atoms with E-state index in [2.05, 4.69) is 26.8 Å². The van der Waals surface area contributed by atoms with Crippen molar-refractivity contribution < 1.29 is 4.79 Å². The molecule has 136 valence electrons. The Bertz CT molecular complexity index is 463. The standard InChI is InChI=1S/C8H9N2O.3C4H9.Sn/c1-10(2)8(11)7-4-3-5-9-6-7;3*1-3-4-2;/h3-4,6H,1-2H3;3*1,3-4H2,2H3;. The summed E-state index contributed by atoms with van der Waals surface area (Å²) in [6.07, 6.45) is 9.65. The molecule has 0 saturated heterocycles. The number of rotatable bonds is 11. The molecule has 0 spiro atoms. The Hall–Kier alpha value is -0.581. The number of pyridine rings is 1. The van der Waals surface area contributed by atoms with Gasteiger partial charge in [0.05, 0.1) is 0 Å². The molecule has 1 rings (SSSR count). The van der Waals surface area contributed by atoms with Crippen LogP contribution >= 0.6 is 0 Å². The molecular formula is C20H36N2OSn. The van der Waals surface area contributed by atoms with Crippen LogP contribution in [0.4, 0.5) is 0 Å². The van der Waals surface area contributed by atoms with Crippen LogP contribution in [0.5, 0.6) is 0 Å². The third kappa shape index (κ3) is 6.05. The van der Waals surface area contributed by atoms with E-state index in [9.17, 15) is 4.79 Å². The number of aromatic nitrogens is 1. The minimum absolute atomic E-state index is 0.0468. The predicted molar refractivity (Wildman–Crippen MR) is 107 cm³/mol. The van der Waals surface area contributed by atoms with Crippen LogP contribution in [-0.4, -0.2) is 48.3 Å². The van der Waals surface area contributed by atoms with Crippen LogP contribution in [0.2, 0.25) is 13.3 Å². The van der Waals surface area contributed by atoms with Crippen molar-refractivity contribution >= 4 is 28.0 Å². The molecule has 0 aliphatic carbocycles. The molecule has 0 radical (unpaired) electrons. The molecule has 0 bridgehead atoms. The average Bonchev–Trinajstić information content (AvgIpc) is 2.61. The number of carbonyl (C=O) groups excluding carboxylic acids is 1. The average molecular weight is 439 g/mol. The SMILES string of the molecule is CCC[CH2][Sn]([CH2]CCC)([CH2]CCC)[c]1ccc(C(=O)N(C)C)cn1. The van der Waals surface area contributed by atoms with Crippen molar-refractivity contribution in [1.82, 2.24) is 9.88 Å². The third-order valence-corrected chi connectivity index (χ3v) is 20.2. The van der Waals surface area contributed by atoms with Gasteiger partial charge in [-0.2, -0.15) is 0 Å². The molecule has 0 aliphatic rings. The van der Waals surface area contributed by atoms with Gasteiger partial charge in [-0.05, 0) is 0 Å². The topological polar surface area (TPSA) is 33.2 Å². The molecular weight excluding hydrogens is 403 g/mol. The summed E-state index contributed by atoms with van der Waals surface area (Å²) in [5, 5.41) is 0. The number of hydrogen-bond acceptors (Lipinski definition) is 2. The first kappa shape index (κ1) is 21.5. The Morgan fingerprint density at radius 2 is 1.46 bits per heavy atom. The van der Waals surface area contributed by atoms with Crippen molar-refractivity contribution in [1.29, 1.82) is 0 Å². The Balaban J connectivity index is 3.12. The fourth-order valence-corrected chi connectivity index (χ4v) is 18.8. The first-order valence-electron chi connectivity index (χ1n) is 9.69. The number of carbonyl (C=O) groups is 1. The Kier molecular flexibility index (Phi) is 9.94. The number of amides is 1. The van der Waals surface area contributed by atoms with Gasteiger partial charge in [0, 0.05) is 0 Å². The normalized spacial score (nSPS) is 11.5. The van der Waals surface area contributed by atoms with E-state index in [1.54, 1.807) is 19.0 Å². The van der Waals surface area contributed by atoms with E-state index >= 15 is 0 Å². The van der Waals surface area contributed by atoms with Gasteiger partial charge in [-0.15, -0.1) is 0 Å². The van der Waals surface area contributed by atoms with Crippen molar-refractivity contribution in [3.63, 3.8) is 0 Å². The zero-order valence-electron chi connectivity index (χ0n) is 16.4. The second-order valence-electron chi connectivity index (χ2n) is 7.22. The van der Waals surface area contributed by atoms with Gasteiger partial charge in [-0.1, -0.05) is 0 Å². The number of nitrogens with zero attached hydrogens (tertiary/aromatic N) is 2. The van der Waals surface area contributed by atoms with Crippen molar-refractivity contribution in [3.8, 4) is 0 Å². The number of hydrogen-bond donors (Lipinski definition) is 0. The predicted octanol–water partition coefficient (Wildman–Crippen LogP) is 4.84. The molecule has 4 heteroatoms. The summed E-state index contributed by atoms with van der Waals surface area (Å²) in [6, 6.07) is 4.22. The van der Waals surface area contributed by atoms with E-state index in [1.165, 1.54) is 55.5 Å². The van der Waals surface area contributed by atoms with Gasteiger partial charge in [0.25, 0.3) is 0 Å². The molecule has 24 heavy (non-hydrogen) atoms. The summed E-state index contributed by atoms with van der Waals surface area (Å²) in [6.45, 7) is 6.88. The maximum atomic E-state index is 12.1. The van der Waals surface area contributed by atoms with Gasteiger partial charge in [-0.3, -0.25) is 0 Å². The molecule has 1 amide bonds. The molecule has 0 unspecified atom stereocenters. The molecule has 0 saturated carbocycles. The van der Waals surface area contributed by atoms with E-state index in [0.29, 0.717) is 5.56 Å². The summed E-state index contributed by atoms with van der Waals surface area (Å²) >= 11 is -2.45. The van der Waals surface area contributed by atoms with Gasteiger partial charge >= 0.3 is 153 Å². The maximum absolute atomic E-state index is 12.1. The number of unbranched alkanes of at least 4 members (excludes halogenated alkanes) is 3. The van der Waals surface area contributed by atoms with Crippen molar-refractivity contribution in [3.05, 3.63) is 23.9 Å². The molecule has 3 nitrogen and oxygen atoms in total. The van der Waals surface area contributed by atoms with Crippen molar-refractivity contribution in [2.45, 2.75) is 72.6 Å². The zero-order chi connectivity index (χ0) is 18.0. The summed E-state index contributed by atoms with van der Waals surface area (Å²) in [5.41, 5.74) is 0.713. The Labute approximate surface area is 153 Å². The molecule has 0 fully saturated rings. The molecule has 1 aromatic heterocycles. The van der Waals surface area contributed by atoms with Crippen LogP contribution in [0.1, 0.15) is 69.7 Å². The Morgan fingerprint density at radius 1 is 0.958 bits per heavy atom. The first-order valence-corrected chi connectivity index (χ1v) is 17.2. The second kappa shape index (κ2) is 11.1. The van der Waals surface area contributed by atoms with Gasteiger partial charge in [-0.25, -0.2) is 0 Å². The monoisotopic (exact) mass is 440 g/mol. The first-order chi connectivity index (χ1) is 11.5. The van der Waals surface area contributed by atoms with Crippen LogP contribution in [0, 0.1) is 0 Å². The zero-order valence-corrected chi connectivity index (χ0v) is 19.3. The van der Waals surface area contributed by atoms with E-state index in [4.69, 9.17) is 4.98 Å². The van der Waals surface area contributed by atoms with Crippen molar-refractivity contribution in [2.75, 3.05) is 14.1 Å². The quantitative estimate of drug-likeness (QED) is 0.463. The summed E-state index contributed by atoms with van der Waals surface area (Å²) in [4.78, 5) is 18.6. The van der Waals surface area contributed by atoms with Crippen molar-refractivity contribution in [2.24, 2.45) is 0 Å². The van der Waals surface area contributed by atoms with Crippen LogP contribution in [0.3, 0.4) is 0 Å². The van der Waals surface area contributed by atoms with E-state index < -0.39 is 18.4 Å². The summed E-state index contributed by atoms with van der Waals surface area (Å²) < 4.78 is 5.65. The van der Waals surface area contributed by atoms with Crippen LogP contribution < -0.4 is 3.71 Å². The van der Waals surface area contributed by atoms with E-state index in [1.807, 2.05) is 12.3 Å². The van der Waals surface area contributed by atoms with Crippen LogP contribution in [0.25, 0.3) is 0 Å². The van der Waals surface area contributed by atoms with Gasteiger partial charge < -0.3 is 0 Å². The molecule has 1 heterocycles. The fourth-order valence-electron chi connectivity index (χ4n) is 3.40. The molecule has 0 aromatic carbocycles. The third-order valence-electron chi connectivity index (χ3n) is 4.99. The molecule has 0 atom stereocenters. The van der Waals surface area contributed by atoms with Gasteiger partial charge in [0.15, 0.2) is 0 Å². The summed E-state index contributed by atoms with van der Waals surface area (Å²) in [7, 11) is 3.59. The minimum atomic E-state index is -2.45. The van der Waals surface area contributed by atoms with Crippen LogP contribution in [-0.2, 0) is 0 Å². The fraction of sp³-hybridized carbons (Fsp3) is 0.700. The molecule has 0 N–H and O–H groups in total. The van der Waals surface area contributed by atoms with E-state index in [0.717, 1.165) is 0 Å².